The molecule has 0 bridgehead atoms. The molecule has 0 aliphatic rings. The van der Waals surface area contributed by atoms with Crippen molar-refractivity contribution in [2.45, 2.75) is 19.1 Å². The zero-order chi connectivity index (χ0) is 15.6. The summed E-state index contributed by atoms with van der Waals surface area (Å²) < 4.78 is 5.74. The van der Waals surface area contributed by atoms with Crippen LogP contribution in [0.4, 0.5) is 0 Å². The van der Waals surface area contributed by atoms with Crippen LogP contribution < -0.4 is 10.1 Å². The average molecular weight is 298 g/mol. The molecule has 0 unspecified atom stereocenters. The van der Waals surface area contributed by atoms with E-state index in [-0.39, 0.29) is 0 Å². The Morgan fingerprint density at radius 3 is 2.59 bits per heavy atom. The molecule has 116 valence electrons. The zero-order valence-corrected chi connectivity index (χ0v) is 12.8. The fourth-order valence-corrected chi connectivity index (χ4v) is 2.28. The van der Waals surface area contributed by atoms with E-state index in [1.54, 1.807) is 0 Å². The summed E-state index contributed by atoms with van der Waals surface area (Å²) in [5.74, 6) is 0.824. The number of allylic oxidation sites excluding steroid dienone is 1. The van der Waals surface area contributed by atoms with Crippen LogP contribution in [0.1, 0.15) is 11.1 Å². The van der Waals surface area contributed by atoms with Crippen molar-refractivity contribution >= 4 is 0 Å². The van der Waals surface area contributed by atoms with Gasteiger partial charge in [0.2, 0.25) is 0 Å². The Kier molecular flexibility index (Phi) is 6.68. The van der Waals surface area contributed by atoms with Crippen LogP contribution in [0.3, 0.4) is 0 Å². The number of hydrogen-bond acceptors (Lipinski definition) is 2. The quantitative estimate of drug-likeness (QED) is 0.695. The lowest BCUT2D eigenvalue weighted by atomic mass is 10.1. The number of quaternary nitrogens is 1. The molecule has 0 heterocycles. The van der Waals surface area contributed by atoms with Gasteiger partial charge in [-0.1, -0.05) is 54.6 Å². The summed E-state index contributed by atoms with van der Waals surface area (Å²) in [6.07, 6.45) is 2.14. The number of aliphatic hydroxyl groups excluding tert-OH is 1. The first-order valence-corrected chi connectivity index (χ1v) is 7.65. The van der Waals surface area contributed by atoms with Crippen LogP contribution in [0.15, 0.2) is 67.3 Å². The Bertz CT molecular complexity index is 569. The standard InChI is InChI=1S/C19H23NO2/c1-2-8-17-11-6-7-12-19(17)22-15-18(21)14-20-13-16-9-4-3-5-10-16/h2-7,9-12,18,20-21H,1,8,13-15H2/p+1/t18-/m0/s1. The van der Waals surface area contributed by atoms with Crippen molar-refractivity contribution in [3.63, 3.8) is 0 Å². The van der Waals surface area contributed by atoms with E-state index in [0.29, 0.717) is 13.2 Å². The summed E-state index contributed by atoms with van der Waals surface area (Å²) in [6, 6.07) is 18.1. The SMILES string of the molecule is C=CCc1ccccc1OC[C@@H](O)C[NH2+]Cc1ccccc1. The van der Waals surface area contributed by atoms with Crippen LogP contribution in [0.2, 0.25) is 0 Å². The molecule has 3 heteroatoms. The van der Waals surface area contributed by atoms with E-state index in [1.165, 1.54) is 5.56 Å². The maximum absolute atomic E-state index is 10.0. The summed E-state index contributed by atoms with van der Waals surface area (Å²) in [5.41, 5.74) is 2.35. The second-order valence-electron chi connectivity index (χ2n) is 5.28. The van der Waals surface area contributed by atoms with Gasteiger partial charge in [0, 0.05) is 5.56 Å². The Labute approximate surface area is 132 Å². The van der Waals surface area contributed by atoms with E-state index in [0.717, 1.165) is 24.3 Å². The summed E-state index contributed by atoms with van der Waals surface area (Å²) in [6.45, 7) is 5.55. The minimum atomic E-state index is -0.486. The molecule has 0 aliphatic carbocycles. The normalized spacial score (nSPS) is 11.9. The summed E-state index contributed by atoms with van der Waals surface area (Å²) in [7, 11) is 0. The highest BCUT2D eigenvalue weighted by Gasteiger charge is 2.09. The number of ether oxygens (including phenoxy) is 1. The third-order valence-electron chi connectivity index (χ3n) is 3.43. The lowest BCUT2D eigenvalue weighted by Crippen LogP contribution is -2.85. The van der Waals surface area contributed by atoms with Gasteiger partial charge in [-0.05, 0) is 18.1 Å². The minimum Gasteiger partial charge on any atom is -0.490 e. The Hall–Kier alpha value is -2.10. The molecule has 0 aromatic heterocycles. The highest BCUT2D eigenvalue weighted by molar-refractivity contribution is 5.34. The molecular formula is C19H24NO2+. The molecule has 0 saturated carbocycles. The summed E-state index contributed by atoms with van der Waals surface area (Å²) in [4.78, 5) is 0. The van der Waals surface area contributed by atoms with Crippen LogP contribution in [-0.2, 0) is 13.0 Å². The second-order valence-corrected chi connectivity index (χ2v) is 5.28. The predicted molar refractivity (Wildman–Crippen MR) is 88.8 cm³/mol. The lowest BCUT2D eigenvalue weighted by molar-refractivity contribution is -0.676. The Balaban J connectivity index is 1.73. The van der Waals surface area contributed by atoms with Gasteiger partial charge in [0.15, 0.2) is 0 Å². The molecule has 0 saturated heterocycles. The Morgan fingerprint density at radius 1 is 1.09 bits per heavy atom. The van der Waals surface area contributed by atoms with Crippen LogP contribution in [0, 0.1) is 0 Å². The van der Waals surface area contributed by atoms with Crippen molar-refractivity contribution in [1.29, 1.82) is 0 Å². The molecule has 22 heavy (non-hydrogen) atoms. The molecule has 0 radical (unpaired) electrons. The minimum absolute atomic E-state index is 0.305. The van der Waals surface area contributed by atoms with Crippen molar-refractivity contribution in [2.75, 3.05) is 13.2 Å². The van der Waals surface area contributed by atoms with Gasteiger partial charge in [0.05, 0.1) is 0 Å². The maximum Gasteiger partial charge on any atom is 0.137 e. The second kappa shape index (κ2) is 9.03. The highest BCUT2D eigenvalue weighted by atomic mass is 16.5. The molecular weight excluding hydrogens is 274 g/mol. The van der Waals surface area contributed by atoms with Gasteiger partial charge in [-0.2, -0.15) is 0 Å². The monoisotopic (exact) mass is 298 g/mol. The number of hydrogen-bond donors (Lipinski definition) is 2. The van der Waals surface area contributed by atoms with E-state index in [9.17, 15) is 5.11 Å². The number of nitrogens with two attached hydrogens (primary N) is 1. The van der Waals surface area contributed by atoms with Gasteiger partial charge in [0.1, 0.15) is 31.5 Å². The summed E-state index contributed by atoms with van der Waals surface area (Å²) in [5, 5.41) is 12.1. The van der Waals surface area contributed by atoms with Gasteiger partial charge in [-0.25, -0.2) is 0 Å². The molecule has 2 aromatic carbocycles. The largest absolute Gasteiger partial charge is 0.490 e. The maximum atomic E-state index is 10.0. The van der Waals surface area contributed by atoms with Crippen molar-refractivity contribution < 1.29 is 15.2 Å². The molecule has 0 amide bonds. The molecule has 0 aliphatic heterocycles. The fourth-order valence-electron chi connectivity index (χ4n) is 2.28. The smallest absolute Gasteiger partial charge is 0.137 e. The molecule has 1 atom stereocenters. The summed E-state index contributed by atoms with van der Waals surface area (Å²) >= 11 is 0. The van der Waals surface area contributed by atoms with Crippen LogP contribution >= 0.6 is 0 Å². The molecule has 2 rings (SSSR count). The van der Waals surface area contributed by atoms with E-state index >= 15 is 0 Å². The van der Waals surface area contributed by atoms with E-state index < -0.39 is 6.10 Å². The van der Waals surface area contributed by atoms with Gasteiger partial charge in [-0.15, -0.1) is 6.58 Å². The Morgan fingerprint density at radius 2 is 1.82 bits per heavy atom. The number of benzene rings is 2. The van der Waals surface area contributed by atoms with E-state index in [1.807, 2.05) is 48.5 Å². The van der Waals surface area contributed by atoms with E-state index in [2.05, 4.69) is 24.0 Å². The molecule has 2 aromatic rings. The molecule has 3 N–H and O–H groups in total. The van der Waals surface area contributed by atoms with Crippen molar-refractivity contribution in [2.24, 2.45) is 0 Å². The lowest BCUT2D eigenvalue weighted by Gasteiger charge is -2.13. The first-order chi connectivity index (χ1) is 10.8. The highest BCUT2D eigenvalue weighted by Crippen LogP contribution is 2.18. The van der Waals surface area contributed by atoms with Crippen molar-refractivity contribution in [1.82, 2.24) is 0 Å². The molecule has 3 nitrogen and oxygen atoms in total. The van der Waals surface area contributed by atoms with Crippen LogP contribution in [0.25, 0.3) is 0 Å². The van der Waals surface area contributed by atoms with Gasteiger partial charge < -0.3 is 15.2 Å². The van der Waals surface area contributed by atoms with Crippen LogP contribution in [0.5, 0.6) is 5.75 Å². The van der Waals surface area contributed by atoms with Gasteiger partial charge >= 0.3 is 0 Å². The number of aliphatic hydroxyl groups is 1. The number of para-hydroxylation sites is 1. The third-order valence-corrected chi connectivity index (χ3v) is 3.43. The van der Waals surface area contributed by atoms with Gasteiger partial charge in [0.25, 0.3) is 0 Å². The predicted octanol–water partition coefficient (Wildman–Crippen LogP) is 1.92. The zero-order valence-electron chi connectivity index (χ0n) is 12.8. The topological polar surface area (TPSA) is 46.1 Å². The molecule has 0 spiro atoms. The van der Waals surface area contributed by atoms with Gasteiger partial charge in [-0.3, -0.25) is 0 Å². The first-order valence-electron chi connectivity index (χ1n) is 7.65. The van der Waals surface area contributed by atoms with Crippen molar-refractivity contribution in [3.05, 3.63) is 78.4 Å². The van der Waals surface area contributed by atoms with E-state index in [4.69, 9.17) is 4.74 Å². The first kappa shape index (κ1) is 16.3. The van der Waals surface area contributed by atoms with Crippen LogP contribution in [-0.4, -0.2) is 24.4 Å². The third kappa shape index (κ3) is 5.35. The fraction of sp³-hybridized carbons (Fsp3) is 0.263. The van der Waals surface area contributed by atoms with Crippen molar-refractivity contribution in [3.8, 4) is 5.75 Å². The molecule has 0 fully saturated rings. The average Bonchev–Trinajstić information content (AvgIpc) is 2.55. The number of rotatable bonds is 9.